The first-order chi connectivity index (χ1) is 15.7. The van der Waals surface area contributed by atoms with E-state index in [2.05, 4.69) is 41.2 Å². The highest BCUT2D eigenvalue weighted by Gasteiger charge is 2.21. The van der Waals surface area contributed by atoms with Crippen LogP contribution in [0.3, 0.4) is 0 Å². The Labute approximate surface area is 205 Å². The van der Waals surface area contributed by atoms with Crippen molar-refractivity contribution in [1.82, 2.24) is 5.32 Å². The maximum Gasteiger partial charge on any atom is 0.263 e. The van der Waals surface area contributed by atoms with Crippen LogP contribution in [0, 0.1) is 20.8 Å². The zero-order valence-electron chi connectivity index (χ0n) is 18.8. The number of rotatable bonds is 9. The fraction of sp³-hybridized carbons (Fsp3) is 0.240. The van der Waals surface area contributed by atoms with Crippen LogP contribution in [0.1, 0.15) is 32.6 Å². The quantitative estimate of drug-likeness (QED) is 0.366. The Morgan fingerprint density at radius 2 is 1.64 bits per heavy atom. The van der Waals surface area contributed by atoms with Gasteiger partial charge in [-0.05, 0) is 56.2 Å². The van der Waals surface area contributed by atoms with Crippen LogP contribution in [-0.4, -0.2) is 26.6 Å². The Kier molecular flexibility index (Phi) is 8.46. The second-order valence-electron chi connectivity index (χ2n) is 7.86. The summed E-state index contributed by atoms with van der Waals surface area (Å²) < 4.78 is 28.5. The van der Waals surface area contributed by atoms with E-state index in [0.717, 1.165) is 22.6 Å². The summed E-state index contributed by atoms with van der Waals surface area (Å²) in [5.41, 5.74) is 5.00. The van der Waals surface area contributed by atoms with Gasteiger partial charge in [0.1, 0.15) is 4.90 Å². The molecule has 3 aromatic carbocycles. The maximum atomic E-state index is 13.0. The topological polar surface area (TPSA) is 75.3 Å². The number of benzene rings is 3. The molecular formula is C25H27ClN2O3S2. The molecule has 8 heteroatoms. The molecular weight excluding hydrogens is 476 g/mol. The van der Waals surface area contributed by atoms with Crippen molar-refractivity contribution in [1.29, 1.82) is 0 Å². The number of hydrogen-bond acceptors (Lipinski definition) is 4. The Bertz CT molecular complexity index is 1240. The lowest BCUT2D eigenvalue weighted by molar-refractivity contribution is 0.0956. The number of thioether (sulfide) groups is 1. The van der Waals surface area contributed by atoms with E-state index in [4.69, 9.17) is 11.6 Å². The second kappa shape index (κ2) is 11.1. The van der Waals surface area contributed by atoms with Crippen LogP contribution in [0.15, 0.2) is 65.6 Å². The van der Waals surface area contributed by atoms with E-state index in [1.165, 1.54) is 29.3 Å². The summed E-state index contributed by atoms with van der Waals surface area (Å²) in [7, 11) is -3.96. The van der Waals surface area contributed by atoms with Crippen molar-refractivity contribution in [3.8, 4) is 0 Å². The van der Waals surface area contributed by atoms with Crippen LogP contribution in [0.2, 0.25) is 5.02 Å². The molecule has 3 rings (SSSR count). The lowest BCUT2D eigenvalue weighted by atomic mass is 10.1. The Morgan fingerprint density at radius 3 is 2.33 bits per heavy atom. The van der Waals surface area contributed by atoms with Gasteiger partial charge in [-0.1, -0.05) is 59.1 Å². The molecule has 0 aliphatic heterocycles. The van der Waals surface area contributed by atoms with Gasteiger partial charge in [0.2, 0.25) is 0 Å². The average molecular weight is 503 g/mol. The van der Waals surface area contributed by atoms with Crippen LogP contribution >= 0.6 is 23.4 Å². The number of aryl methyl sites for hydroxylation is 3. The van der Waals surface area contributed by atoms with Crippen LogP contribution < -0.4 is 10.0 Å². The zero-order valence-corrected chi connectivity index (χ0v) is 21.2. The molecule has 1 amide bonds. The molecule has 0 unspecified atom stereocenters. The first-order valence-electron chi connectivity index (χ1n) is 10.5. The predicted octanol–water partition coefficient (Wildman–Crippen LogP) is 5.73. The standard InChI is InChI=1S/C25H27ClN2O3S2/c1-17-4-7-20(8-5-17)16-32-13-12-27-25(29)21-9-10-22(26)24(15-21)33(30,31)28-23-11-6-18(2)14-19(23)3/h4-11,14-15,28H,12-13,16H2,1-3H3,(H,27,29). The number of anilines is 1. The normalized spacial score (nSPS) is 11.3. The number of carbonyl (C=O) groups excluding carboxylic acids is 1. The lowest BCUT2D eigenvalue weighted by Gasteiger charge is -2.13. The maximum absolute atomic E-state index is 13.0. The summed E-state index contributed by atoms with van der Waals surface area (Å²) in [4.78, 5) is 12.4. The summed E-state index contributed by atoms with van der Waals surface area (Å²) in [6.45, 7) is 6.29. The van der Waals surface area contributed by atoms with Crippen LogP contribution in [0.5, 0.6) is 0 Å². The van der Waals surface area contributed by atoms with Gasteiger partial charge in [-0.15, -0.1) is 0 Å². The van der Waals surface area contributed by atoms with Gasteiger partial charge >= 0.3 is 0 Å². The van der Waals surface area contributed by atoms with Crippen molar-refractivity contribution < 1.29 is 13.2 Å². The number of hydrogen-bond donors (Lipinski definition) is 2. The first-order valence-corrected chi connectivity index (χ1v) is 13.5. The van der Waals surface area contributed by atoms with Gasteiger partial charge in [0, 0.05) is 23.6 Å². The summed E-state index contributed by atoms with van der Waals surface area (Å²) in [5, 5.41) is 2.89. The molecule has 0 aromatic heterocycles. The van der Waals surface area contributed by atoms with Gasteiger partial charge in [0.15, 0.2) is 0 Å². The predicted molar refractivity (Wildman–Crippen MR) is 138 cm³/mol. The molecule has 33 heavy (non-hydrogen) atoms. The third-order valence-electron chi connectivity index (χ3n) is 5.03. The van der Waals surface area contributed by atoms with E-state index in [1.54, 1.807) is 17.8 Å². The van der Waals surface area contributed by atoms with E-state index in [0.29, 0.717) is 12.2 Å². The first kappa shape index (κ1) is 25.1. The van der Waals surface area contributed by atoms with Gasteiger partial charge in [-0.25, -0.2) is 8.42 Å². The third kappa shape index (κ3) is 7.00. The molecule has 0 radical (unpaired) electrons. The molecule has 5 nitrogen and oxygen atoms in total. The van der Waals surface area contributed by atoms with Gasteiger partial charge < -0.3 is 5.32 Å². The van der Waals surface area contributed by atoms with Gasteiger partial charge in [0.25, 0.3) is 15.9 Å². The minimum atomic E-state index is -3.96. The number of amides is 1. The lowest BCUT2D eigenvalue weighted by Crippen LogP contribution is -2.26. The molecule has 0 aliphatic carbocycles. The van der Waals surface area contributed by atoms with Crippen molar-refractivity contribution in [2.75, 3.05) is 17.0 Å². The highest BCUT2D eigenvalue weighted by atomic mass is 35.5. The Morgan fingerprint density at radius 1 is 0.939 bits per heavy atom. The minimum absolute atomic E-state index is 0.0532. The molecule has 0 atom stereocenters. The number of nitrogens with one attached hydrogen (secondary N) is 2. The number of halogens is 1. The third-order valence-corrected chi connectivity index (χ3v) is 7.91. The molecule has 0 saturated carbocycles. The van der Waals surface area contributed by atoms with E-state index >= 15 is 0 Å². The summed E-state index contributed by atoms with van der Waals surface area (Å²) in [6.07, 6.45) is 0. The Balaban J connectivity index is 1.61. The fourth-order valence-corrected chi connectivity index (χ4v) is 5.67. The summed E-state index contributed by atoms with van der Waals surface area (Å²) >= 11 is 7.90. The average Bonchev–Trinajstić information content (AvgIpc) is 2.77. The van der Waals surface area contributed by atoms with E-state index in [-0.39, 0.29) is 21.4 Å². The van der Waals surface area contributed by atoms with Crippen LogP contribution in [0.4, 0.5) is 5.69 Å². The molecule has 0 heterocycles. The molecule has 0 bridgehead atoms. The van der Waals surface area contributed by atoms with Gasteiger partial charge in [-0.3, -0.25) is 9.52 Å². The van der Waals surface area contributed by atoms with Crippen LogP contribution in [0.25, 0.3) is 0 Å². The van der Waals surface area contributed by atoms with Gasteiger partial charge in [0.05, 0.1) is 10.7 Å². The van der Waals surface area contributed by atoms with Crippen molar-refractivity contribution in [2.45, 2.75) is 31.4 Å². The van der Waals surface area contributed by atoms with E-state index in [9.17, 15) is 13.2 Å². The van der Waals surface area contributed by atoms with Crippen LogP contribution in [-0.2, 0) is 15.8 Å². The summed E-state index contributed by atoms with van der Waals surface area (Å²) in [5.74, 6) is 1.27. The van der Waals surface area contributed by atoms with E-state index < -0.39 is 10.0 Å². The zero-order chi connectivity index (χ0) is 24.0. The second-order valence-corrected chi connectivity index (χ2v) is 11.0. The van der Waals surface area contributed by atoms with Gasteiger partial charge in [-0.2, -0.15) is 11.8 Å². The minimum Gasteiger partial charge on any atom is -0.351 e. The number of sulfonamides is 1. The van der Waals surface area contributed by atoms with Crippen molar-refractivity contribution in [2.24, 2.45) is 0 Å². The summed E-state index contributed by atoms with van der Waals surface area (Å²) in [6, 6.07) is 18.0. The van der Waals surface area contributed by atoms with Crippen molar-refractivity contribution in [3.63, 3.8) is 0 Å². The molecule has 0 aliphatic rings. The monoisotopic (exact) mass is 502 g/mol. The van der Waals surface area contributed by atoms with E-state index in [1.807, 2.05) is 26.0 Å². The molecule has 2 N–H and O–H groups in total. The highest BCUT2D eigenvalue weighted by Crippen LogP contribution is 2.26. The SMILES string of the molecule is Cc1ccc(CSCCNC(=O)c2ccc(Cl)c(S(=O)(=O)Nc3ccc(C)cc3C)c2)cc1. The molecule has 0 fully saturated rings. The smallest absolute Gasteiger partial charge is 0.263 e. The molecule has 174 valence electrons. The largest absolute Gasteiger partial charge is 0.351 e. The van der Waals surface area contributed by atoms with Crippen molar-refractivity contribution in [3.05, 3.63) is 93.5 Å². The van der Waals surface area contributed by atoms with Crippen molar-refractivity contribution >= 4 is 45.0 Å². The highest BCUT2D eigenvalue weighted by molar-refractivity contribution is 7.98. The molecule has 3 aromatic rings. The Hall–Kier alpha value is -2.48. The fourth-order valence-electron chi connectivity index (χ4n) is 3.19. The number of carbonyl (C=O) groups is 1. The molecule has 0 saturated heterocycles. The molecule has 0 spiro atoms.